The molecule has 0 radical (unpaired) electrons. The average Bonchev–Trinajstić information content (AvgIpc) is 3.15. The predicted octanol–water partition coefficient (Wildman–Crippen LogP) is 2.00. The number of hydrogen-bond acceptors (Lipinski definition) is 6. The molecule has 34 heavy (non-hydrogen) atoms. The standard InChI is InChI=1S/C26H36N6O2/c1-30-22-14-19(2-3-20(22)24(29-30)21-4-5-23(33)28-25(21)34)32-12-10-31(11-13-32)17-18-15-26(16-18)6-8-27-9-7-26/h2-3,14,18,21,27H,4-13,15-17H2,1H3,(H,28,33,34). The highest BCUT2D eigenvalue weighted by atomic mass is 16.2. The van der Waals surface area contributed by atoms with Crippen molar-refractivity contribution in [3.63, 3.8) is 0 Å². The van der Waals surface area contributed by atoms with Gasteiger partial charge in [-0.05, 0) is 74.7 Å². The number of imide groups is 1. The summed E-state index contributed by atoms with van der Waals surface area (Å²) in [7, 11) is 1.94. The summed E-state index contributed by atoms with van der Waals surface area (Å²) in [6.07, 6.45) is 6.51. The Morgan fingerprint density at radius 1 is 1.09 bits per heavy atom. The van der Waals surface area contributed by atoms with E-state index >= 15 is 0 Å². The summed E-state index contributed by atoms with van der Waals surface area (Å²) in [6, 6.07) is 6.48. The largest absolute Gasteiger partial charge is 0.369 e. The summed E-state index contributed by atoms with van der Waals surface area (Å²) in [5.41, 5.74) is 3.72. The smallest absolute Gasteiger partial charge is 0.235 e. The van der Waals surface area contributed by atoms with Crippen LogP contribution in [-0.2, 0) is 16.6 Å². The highest BCUT2D eigenvalue weighted by Gasteiger charge is 2.44. The van der Waals surface area contributed by atoms with Crippen LogP contribution in [0, 0.1) is 11.3 Å². The summed E-state index contributed by atoms with van der Waals surface area (Å²) in [5, 5.41) is 11.7. The highest BCUT2D eigenvalue weighted by molar-refractivity contribution is 6.02. The van der Waals surface area contributed by atoms with E-state index in [-0.39, 0.29) is 17.7 Å². The van der Waals surface area contributed by atoms with Gasteiger partial charge in [0.05, 0.1) is 17.1 Å². The monoisotopic (exact) mass is 464 g/mol. The summed E-state index contributed by atoms with van der Waals surface area (Å²) in [4.78, 5) is 29.1. The zero-order valence-corrected chi connectivity index (χ0v) is 20.2. The summed E-state index contributed by atoms with van der Waals surface area (Å²) in [6.45, 7) is 8.02. The van der Waals surface area contributed by atoms with Crippen molar-refractivity contribution in [1.29, 1.82) is 0 Å². The van der Waals surface area contributed by atoms with Crippen LogP contribution < -0.4 is 15.5 Å². The fourth-order valence-corrected chi connectivity index (χ4v) is 6.90. The number of aryl methyl sites for hydroxylation is 1. The van der Waals surface area contributed by atoms with Crippen molar-refractivity contribution in [2.75, 3.05) is 50.7 Å². The first-order chi connectivity index (χ1) is 16.5. The maximum absolute atomic E-state index is 12.4. The Balaban J connectivity index is 1.08. The van der Waals surface area contributed by atoms with Gasteiger partial charge in [0.15, 0.2) is 0 Å². The fraction of sp³-hybridized carbons (Fsp3) is 0.654. The van der Waals surface area contributed by atoms with E-state index in [1.165, 1.54) is 51.0 Å². The lowest BCUT2D eigenvalue weighted by Gasteiger charge is -2.52. The Kier molecular flexibility index (Phi) is 5.60. The number of amides is 2. The van der Waals surface area contributed by atoms with Crippen molar-refractivity contribution in [3.8, 4) is 0 Å². The van der Waals surface area contributed by atoms with Gasteiger partial charge in [-0.3, -0.25) is 24.5 Å². The lowest BCUT2D eigenvalue weighted by atomic mass is 9.57. The molecule has 1 atom stereocenters. The number of piperidine rings is 2. The number of piperazine rings is 1. The summed E-state index contributed by atoms with van der Waals surface area (Å²) in [5.74, 6) is 0.118. The molecule has 2 aromatic rings. The number of nitrogens with zero attached hydrogens (tertiary/aromatic N) is 4. The quantitative estimate of drug-likeness (QED) is 0.674. The molecule has 8 heteroatoms. The predicted molar refractivity (Wildman–Crippen MR) is 132 cm³/mol. The molecule has 182 valence electrons. The minimum atomic E-state index is -0.355. The van der Waals surface area contributed by atoms with Crippen LogP contribution in [0.4, 0.5) is 5.69 Å². The first-order valence-corrected chi connectivity index (χ1v) is 13.0. The van der Waals surface area contributed by atoms with Crippen LogP contribution >= 0.6 is 0 Å². The second-order valence-electron chi connectivity index (χ2n) is 11.0. The molecule has 3 aliphatic heterocycles. The number of hydrogen-bond donors (Lipinski definition) is 2. The molecule has 2 amide bonds. The minimum Gasteiger partial charge on any atom is -0.369 e. The molecule has 1 saturated carbocycles. The Labute approximate surface area is 201 Å². The maximum Gasteiger partial charge on any atom is 0.235 e. The SMILES string of the molecule is Cn1nc(C2CCC(=O)NC2=O)c2ccc(N3CCN(CC4CC5(CCNCC5)C4)CC3)cc21. The number of benzene rings is 1. The van der Waals surface area contributed by atoms with Crippen molar-refractivity contribution < 1.29 is 9.59 Å². The normalized spacial score (nSPS) is 26.1. The summed E-state index contributed by atoms with van der Waals surface area (Å²) < 4.78 is 1.88. The van der Waals surface area contributed by atoms with Gasteiger partial charge < -0.3 is 10.2 Å². The fourth-order valence-electron chi connectivity index (χ4n) is 6.90. The molecule has 1 aromatic heterocycles. The van der Waals surface area contributed by atoms with Crippen molar-refractivity contribution in [1.82, 2.24) is 25.3 Å². The number of rotatable bonds is 4. The molecule has 4 heterocycles. The van der Waals surface area contributed by atoms with Gasteiger partial charge in [0, 0.05) is 57.3 Å². The molecule has 4 fully saturated rings. The van der Waals surface area contributed by atoms with E-state index in [2.05, 4.69) is 43.7 Å². The van der Waals surface area contributed by atoms with Crippen LogP contribution in [0.25, 0.3) is 10.9 Å². The number of fused-ring (bicyclic) bond motifs is 1. The van der Waals surface area contributed by atoms with E-state index < -0.39 is 0 Å². The molecule has 1 unspecified atom stereocenters. The Bertz CT molecular complexity index is 1090. The second-order valence-corrected chi connectivity index (χ2v) is 11.0. The molecular weight excluding hydrogens is 428 g/mol. The van der Waals surface area contributed by atoms with E-state index in [0.29, 0.717) is 18.3 Å². The van der Waals surface area contributed by atoms with E-state index in [1.54, 1.807) is 0 Å². The molecule has 6 rings (SSSR count). The number of nitrogens with one attached hydrogen (secondary N) is 2. The van der Waals surface area contributed by atoms with Gasteiger partial charge in [0.25, 0.3) is 0 Å². The lowest BCUT2D eigenvalue weighted by Crippen LogP contribution is -2.52. The van der Waals surface area contributed by atoms with Gasteiger partial charge in [0.2, 0.25) is 11.8 Å². The number of aromatic nitrogens is 2. The van der Waals surface area contributed by atoms with Crippen LogP contribution in [0.15, 0.2) is 18.2 Å². The van der Waals surface area contributed by atoms with E-state index in [1.807, 2.05) is 11.7 Å². The Morgan fingerprint density at radius 3 is 2.59 bits per heavy atom. The van der Waals surface area contributed by atoms with Crippen LogP contribution in [0.3, 0.4) is 0 Å². The zero-order valence-electron chi connectivity index (χ0n) is 20.2. The van der Waals surface area contributed by atoms with Crippen LogP contribution in [-0.4, -0.2) is 72.3 Å². The molecule has 1 spiro atoms. The topological polar surface area (TPSA) is 82.5 Å². The molecule has 0 bridgehead atoms. The molecular formula is C26H36N6O2. The van der Waals surface area contributed by atoms with Crippen molar-refractivity contribution in [2.45, 2.75) is 44.4 Å². The average molecular weight is 465 g/mol. The summed E-state index contributed by atoms with van der Waals surface area (Å²) >= 11 is 0. The second kappa shape index (κ2) is 8.64. The molecule has 4 aliphatic rings. The van der Waals surface area contributed by atoms with E-state index in [9.17, 15) is 9.59 Å². The molecule has 2 N–H and O–H groups in total. The molecule has 8 nitrogen and oxygen atoms in total. The van der Waals surface area contributed by atoms with Gasteiger partial charge in [-0.15, -0.1) is 0 Å². The maximum atomic E-state index is 12.4. The van der Waals surface area contributed by atoms with Gasteiger partial charge in [0.1, 0.15) is 0 Å². The highest BCUT2D eigenvalue weighted by Crippen LogP contribution is 2.51. The van der Waals surface area contributed by atoms with Crippen LogP contribution in [0.2, 0.25) is 0 Å². The van der Waals surface area contributed by atoms with Gasteiger partial charge in [-0.25, -0.2) is 0 Å². The van der Waals surface area contributed by atoms with Gasteiger partial charge in [-0.2, -0.15) is 5.10 Å². The van der Waals surface area contributed by atoms with Crippen LogP contribution in [0.1, 0.15) is 50.1 Å². The molecule has 1 aliphatic carbocycles. The first-order valence-electron chi connectivity index (χ1n) is 13.0. The van der Waals surface area contributed by atoms with Gasteiger partial charge >= 0.3 is 0 Å². The van der Waals surface area contributed by atoms with Crippen LogP contribution in [0.5, 0.6) is 0 Å². The third kappa shape index (κ3) is 4.01. The lowest BCUT2D eigenvalue weighted by molar-refractivity contribution is -0.134. The van der Waals surface area contributed by atoms with Crippen molar-refractivity contribution in [2.24, 2.45) is 18.4 Å². The minimum absolute atomic E-state index is 0.189. The van der Waals surface area contributed by atoms with Gasteiger partial charge in [-0.1, -0.05) is 0 Å². The number of carbonyl (C=O) groups excluding carboxylic acids is 2. The van der Waals surface area contributed by atoms with Crippen molar-refractivity contribution >= 4 is 28.4 Å². The number of anilines is 1. The molecule has 1 aromatic carbocycles. The van der Waals surface area contributed by atoms with E-state index in [4.69, 9.17) is 0 Å². The Morgan fingerprint density at radius 2 is 1.85 bits per heavy atom. The Hall–Kier alpha value is -2.45. The third-order valence-electron chi connectivity index (χ3n) is 8.79. The first kappa shape index (κ1) is 22.0. The molecule has 3 saturated heterocycles. The van der Waals surface area contributed by atoms with Crippen molar-refractivity contribution in [3.05, 3.63) is 23.9 Å². The van der Waals surface area contributed by atoms with E-state index in [0.717, 1.165) is 48.7 Å². The third-order valence-corrected chi connectivity index (χ3v) is 8.79. The zero-order chi connectivity index (χ0) is 23.3. The number of carbonyl (C=O) groups is 2.